The van der Waals surface area contributed by atoms with Crippen LogP contribution in [0.4, 0.5) is 5.82 Å². The Kier molecular flexibility index (Phi) is 2.63. The minimum absolute atomic E-state index is 0.462. The first kappa shape index (κ1) is 9.40. The van der Waals surface area contributed by atoms with Gasteiger partial charge in [0.25, 0.3) is 0 Å². The van der Waals surface area contributed by atoms with E-state index in [1.807, 2.05) is 12.1 Å². The predicted molar refractivity (Wildman–Crippen MR) is 55.9 cm³/mol. The van der Waals surface area contributed by atoms with Crippen LogP contribution < -0.4 is 10.6 Å². The maximum absolute atomic E-state index is 5.46. The van der Waals surface area contributed by atoms with E-state index < -0.39 is 0 Å². The Morgan fingerprint density at radius 3 is 2.86 bits per heavy atom. The van der Waals surface area contributed by atoms with Gasteiger partial charge in [0.15, 0.2) is 5.82 Å². The lowest BCUT2D eigenvalue weighted by atomic mass is 10.2. The van der Waals surface area contributed by atoms with Crippen molar-refractivity contribution in [1.29, 1.82) is 0 Å². The number of hydrogen-bond acceptors (Lipinski definition) is 4. The maximum Gasteiger partial charge on any atom is 0.151 e. The normalized spacial score (nSPS) is 21.6. The van der Waals surface area contributed by atoms with Gasteiger partial charge in [0.1, 0.15) is 0 Å². The van der Waals surface area contributed by atoms with Crippen molar-refractivity contribution in [3.63, 3.8) is 0 Å². The summed E-state index contributed by atoms with van der Waals surface area (Å²) in [5.41, 5.74) is 6.31. The van der Waals surface area contributed by atoms with E-state index in [4.69, 9.17) is 5.73 Å². The summed E-state index contributed by atoms with van der Waals surface area (Å²) in [5, 5.41) is 8.21. The van der Waals surface area contributed by atoms with E-state index in [1.165, 1.54) is 6.42 Å². The van der Waals surface area contributed by atoms with E-state index >= 15 is 0 Å². The van der Waals surface area contributed by atoms with Gasteiger partial charge >= 0.3 is 0 Å². The van der Waals surface area contributed by atoms with Crippen molar-refractivity contribution in [2.75, 3.05) is 18.0 Å². The van der Waals surface area contributed by atoms with Gasteiger partial charge in [-0.3, -0.25) is 0 Å². The van der Waals surface area contributed by atoms with Gasteiger partial charge in [-0.25, -0.2) is 0 Å². The first-order valence-electron chi connectivity index (χ1n) is 5.07. The minimum Gasteiger partial charge on any atom is -0.355 e. The molecule has 1 fully saturated rings. The Bertz CT molecular complexity index is 295. The largest absolute Gasteiger partial charge is 0.355 e. The third kappa shape index (κ3) is 1.85. The SMILES string of the molecule is CC1CCN(c2ccc(CN)nn2)C1. The van der Waals surface area contributed by atoms with Crippen LogP contribution in [-0.4, -0.2) is 23.3 Å². The summed E-state index contributed by atoms with van der Waals surface area (Å²) in [6.07, 6.45) is 1.25. The Balaban J connectivity index is 2.09. The van der Waals surface area contributed by atoms with E-state index in [0.717, 1.165) is 30.5 Å². The van der Waals surface area contributed by atoms with Crippen molar-refractivity contribution in [3.05, 3.63) is 17.8 Å². The molecule has 0 bridgehead atoms. The van der Waals surface area contributed by atoms with Gasteiger partial charge in [-0.05, 0) is 24.5 Å². The van der Waals surface area contributed by atoms with E-state index in [9.17, 15) is 0 Å². The average molecular weight is 192 g/mol. The van der Waals surface area contributed by atoms with Gasteiger partial charge in [-0.1, -0.05) is 6.92 Å². The van der Waals surface area contributed by atoms with Crippen molar-refractivity contribution in [3.8, 4) is 0 Å². The molecule has 1 aliphatic heterocycles. The molecule has 76 valence electrons. The highest BCUT2D eigenvalue weighted by Gasteiger charge is 2.19. The number of rotatable bonds is 2. The molecule has 0 spiro atoms. The molecule has 2 heterocycles. The van der Waals surface area contributed by atoms with Crippen LogP contribution in [0.5, 0.6) is 0 Å². The molecule has 4 heteroatoms. The molecule has 1 unspecified atom stereocenters. The second-order valence-electron chi connectivity index (χ2n) is 3.93. The third-order valence-corrected chi connectivity index (χ3v) is 2.66. The molecule has 0 saturated carbocycles. The topological polar surface area (TPSA) is 55.0 Å². The molecule has 1 saturated heterocycles. The molecule has 0 radical (unpaired) electrons. The summed E-state index contributed by atoms with van der Waals surface area (Å²) in [6, 6.07) is 3.96. The predicted octanol–water partition coefficient (Wildman–Crippen LogP) is 0.781. The fourth-order valence-corrected chi connectivity index (χ4v) is 1.77. The van der Waals surface area contributed by atoms with Crippen LogP contribution in [0.2, 0.25) is 0 Å². The van der Waals surface area contributed by atoms with Crippen molar-refractivity contribution in [2.24, 2.45) is 11.7 Å². The number of hydrogen-bond donors (Lipinski definition) is 1. The van der Waals surface area contributed by atoms with Crippen molar-refractivity contribution in [2.45, 2.75) is 19.9 Å². The van der Waals surface area contributed by atoms with Crippen LogP contribution in [0.3, 0.4) is 0 Å². The second kappa shape index (κ2) is 3.92. The van der Waals surface area contributed by atoms with Crippen LogP contribution in [0.25, 0.3) is 0 Å². The molecule has 0 aliphatic carbocycles. The first-order valence-corrected chi connectivity index (χ1v) is 5.07. The highest BCUT2D eigenvalue weighted by atomic mass is 15.3. The zero-order valence-electron chi connectivity index (χ0n) is 8.48. The molecule has 2 rings (SSSR count). The molecule has 1 aromatic heterocycles. The number of nitrogens with two attached hydrogens (primary N) is 1. The molecular weight excluding hydrogens is 176 g/mol. The fraction of sp³-hybridized carbons (Fsp3) is 0.600. The lowest BCUT2D eigenvalue weighted by molar-refractivity contribution is 0.658. The quantitative estimate of drug-likeness (QED) is 0.752. The standard InChI is InChI=1S/C10H16N4/c1-8-4-5-14(7-8)10-3-2-9(6-11)12-13-10/h2-3,8H,4-7,11H2,1H3. The Labute approximate surface area is 84.1 Å². The highest BCUT2D eigenvalue weighted by Crippen LogP contribution is 2.20. The zero-order chi connectivity index (χ0) is 9.97. The average Bonchev–Trinajstić information content (AvgIpc) is 2.65. The van der Waals surface area contributed by atoms with Gasteiger partial charge in [-0.15, -0.1) is 5.10 Å². The fourth-order valence-electron chi connectivity index (χ4n) is 1.77. The summed E-state index contributed by atoms with van der Waals surface area (Å²) in [7, 11) is 0. The lowest BCUT2D eigenvalue weighted by Crippen LogP contribution is -2.20. The number of aromatic nitrogens is 2. The summed E-state index contributed by atoms with van der Waals surface area (Å²) in [4.78, 5) is 2.28. The van der Waals surface area contributed by atoms with Crippen molar-refractivity contribution in [1.82, 2.24) is 10.2 Å². The van der Waals surface area contributed by atoms with Gasteiger partial charge in [-0.2, -0.15) is 5.10 Å². The van der Waals surface area contributed by atoms with Crippen LogP contribution in [-0.2, 0) is 6.54 Å². The van der Waals surface area contributed by atoms with E-state index in [-0.39, 0.29) is 0 Å². The van der Waals surface area contributed by atoms with E-state index in [2.05, 4.69) is 22.0 Å². The van der Waals surface area contributed by atoms with E-state index in [0.29, 0.717) is 6.54 Å². The molecule has 14 heavy (non-hydrogen) atoms. The van der Waals surface area contributed by atoms with Gasteiger partial charge in [0, 0.05) is 19.6 Å². The van der Waals surface area contributed by atoms with Crippen LogP contribution in [0.15, 0.2) is 12.1 Å². The Morgan fingerprint density at radius 2 is 2.36 bits per heavy atom. The number of anilines is 1. The first-order chi connectivity index (χ1) is 6.79. The van der Waals surface area contributed by atoms with Crippen LogP contribution in [0, 0.1) is 5.92 Å². The molecule has 0 amide bonds. The molecular formula is C10H16N4. The number of nitrogens with zero attached hydrogens (tertiary/aromatic N) is 3. The van der Waals surface area contributed by atoms with Gasteiger partial charge < -0.3 is 10.6 Å². The smallest absolute Gasteiger partial charge is 0.151 e. The van der Waals surface area contributed by atoms with Crippen LogP contribution >= 0.6 is 0 Å². The zero-order valence-corrected chi connectivity index (χ0v) is 8.48. The molecule has 2 N–H and O–H groups in total. The van der Waals surface area contributed by atoms with Crippen molar-refractivity contribution < 1.29 is 0 Å². The Hall–Kier alpha value is -1.16. The maximum atomic E-state index is 5.46. The monoisotopic (exact) mass is 192 g/mol. The lowest BCUT2D eigenvalue weighted by Gasteiger charge is -2.15. The molecule has 0 aromatic carbocycles. The summed E-state index contributed by atoms with van der Waals surface area (Å²) < 4.78 is 0. The molecule has 1 atom stereocenters. The molecule has 1 aromatic rings. The third-order valence-electron chi connectivity index (χ3n) is 2.66. The van der Waals surface area contributed by atoms with Gasteiger partial charge in [0.05, 0.1) is 5.69 Å². The second-order valence-corrected chi connectivity index (χ2v) is 3.93. The Morgan fingerprint density at radius 1 is 1.50 bits per heavy atom. The van der Waals surface area contributed by atoms with Gasteiger partial charge in [0.2, 0.25) is 0 Å². The van der Waals surface area contributed by atoms with E-state index in [1.54, 1.807) is 0 Å². The summed E-state index contributed by atoms with van der Waals surface area (Å²) >= 11 is 0. The molecule has 4 nitrogen and oxygen atoms in total. The summed E-state index contributed by atoms with van der Waals surface area (Å²) in [6.45, 7) is 4.92. The van der Waals surface area contributed by atoms with Crippen molar-refractivity contribution >= 4 is 5.82 Å². The summed E-state index contributed by atoms with van der Waals surface area (Å²) in [5.74, 6) is 1.75. The van der Waals surface area contributed by atoms with Crippen LogP contribution in [0.1, 0.15) is 19.0 Å². The minimum atomic E-state index is 0.462. The molecule has 1 aliphatic rings. The highest BCUT2D eigenvalue weighted by molar-refractivity contribution is 5.38.